The smallest absolute Gasteiger partial charge is 0.433 e. The quantitative estimate of drug-likeness (QED) is 0.735. The van der Waals surface area contributed by atoms with E-state index in [1.165, 1.54) is 18.2 Å². The number of benzene rings is 1. The van der Waals surface area contributed by atoms with Crippen molar-refractivity contribution in [1.29, 1.82) is 5.26 Å². The van der Waals surface area contributed by atoms with E-state index < -0.39 is 28.8 Å². The fourth-order valence-corrected chi connectivity index (χ4v) is 2.26. The molecule has 3 aromatic rings. The van der Waals surface area contributed by atoms with E-state index >= 15 is 0 Å². The van der Waals surface area contributed by atoms with Crippen molar-refractivity contribution in [2.45, 2.75) is 13.1 Å². The van der Waals surface area contributed by atoms with Crippen LogP contribution >= 0.6 is 0 Å². The molecule has 0 aliphatic rings. The molecule has 0 radical (unpaired) electrons. The number of nitrogens with one attached hydrogen (secondary N) is 1. The van der Waals surface area contributed by atoms with Crippen LogP contribution in [-0.4, -0.2) is 19.7 Å². The zero-order chi connectivity index (χ0) is 20.5. The van der Waals surface area contributed by atoms with E-state index in [4.69, 9.17) is 10.00 Å². The first-order valence-corrected chi connectivity index (χ1v) is 7.65. The largest absolute Gasteiger partial charge is 0.455 e. The minimum atomic E-state index is -4.55. The number of aryl methyl sites for hydroxylation is 1. The van der Waals surface area contributed by atoms with Crippen LogP contribution < -0.4 is 16.0 Å². The summed E-state index contributed by atoms with van der Waals surface area (Å²) < 4.78 is 44.0. The summed E-state index contributed by atoms with van der Waals surface area (Å²) >= 11 is 0. The van der Waals surface area contributed by atoms with E-state index in [-0.39, 0.29) is 11.4 Å². The Kier molecular flexibility index (Phi) is 4.70. The molecule has 1 N–H and O–H groups in total. The second-order valence-corrected chi connectivity index (χ2v) is 5.56. The van der Waals surface area contributed by atoms with Crippen LogP contribution in [0, 0.1) is 18.3 Å². The summed E-state index contributed by atoms with van der Waals surface area (Å²) in [6.07, 6.45) is -3.60. The molecule has 0 aliphatic carbocycles. The van der Waals surface area contributed by atoms with Gasteiger partial charge in [-0.3, -0.25) is 9.78 Å². The number of hydrogen-bond donors (Lipinski definition) is 1. The van der Waals surface area contributed by atoms with Gasteiger partial charge < -0.3 is 4.74 Å². The molecule has 1 aromatic carbocycles. The number of hydrogen-bond acceptors (Lipinski definition) is 6. The molecule has 11 heteroatoms. The third-order valence-electron chi connectivity index (χ3n) is 3.59. The minimum Gasteiger partial charge on any atom is -0.455 e. The highest BCUT2D eigenvalue weighted by Gasteiger charge is 2.32. The summed E-state index contributed by atoms with van der Waals surface area (Å²) in [7, 11) is 0. The van der Waals surface area contributed by atoms with Crippen LogP contribution in [0.5, 0.6) is 11.5 Å². The van der Waals surface area contributed by atoms with Gasteiger partial charge in [0.25, 0.3) is 5.56 Å². The highest BCUT2D eigenvalue weighted by molar-refractivity contribution is 5.44. The topological polar surface area (TPSA) is 114 Å². The molecule has 2 aromatic heterocycles. The Morgan fingerprint density at radius 3 is 2.54 bits per heavy atom. The number of halogens is 3. The van der Waals surface area contributed by atoms with E-state index in [2.05, 4.69) is 10.1 Å². The Morgan fingerprint density at radius 2 is 1.96 bits per heavy atom. The lowest BCUT2D eigenvalue weighted by Gasteiger charge is -2.11. The maximum atomic E-state index is 12.5. The fraction of sp³-hybridized carbons (Fsp3) is 0.118. The van der Waals surface area contributed by atoms with Crippen LogP contribution in [0.15, 0.2) is 46.1 Å². The summed E-state index contributed by atoms with van der Waals surface area (Å²) in [5, 5.41) is 12.6. The normalized spacial score (nSPS) is 11.1. The molecule has 8 nitrogen and oxygen atoms in total. The fourth-order valence-electron chi connectivity index (χ4n) is 2.26. The summed E-state index contributed by atoms with van der Waals surface area (Å²) in [5.41, 5.74) is -2.46. The highest BCUT2D eigenvalue weighted by atomic mass is 19.4. The Hall–Kier alpha value is -3.94. The molecule has 2 heterocycles. The van der Waals surface area contributed by atoms with Gasteiger partial charge in [0.15, 0.2) is 0 Å². The molecule has 142 valence electrons. The van der Waals surface area contributed by atoms with Crippen molar-refractivity contribution < 1.29 is 17.9 Å². The van der Waals surface area contributed by atoms with Gasteiger partial charge >= 0.3 is 11.9 Å². The van der Waals surface area contributed by atoms with Crippen LogP contribution in [0.3, 0.4) is 0 Å². The average Bonchev–Trinajstić information content (AvgIpc) is 2.63. The van der Waals surface area contributed by atoms with Crippen molar-refractivity contribution >= 4 is 0 Å². The zero-order valence-corrected chi connectivity index (χ0v) is 14.1. The van der Waals surface area contributed by atoms with Crippen molar-refractivity contribution in [2.75, 3.05) is 0 Å². The summed E-state index contributed by atoms with van der Waals surface area (Å²) in [5.74, 6) is 0.401. The van der Waals surface area contributed by atoms with Crippen LogP contribution in [0.25, 0.3) is 5.69 Å². The van der Waals surface area contributed by atoms with Gasteiger partial charge in [-0.25, -0.2) is 9.78 Å². The van der Waals surface area contributed by atoms with Crippen LogP contribution in [-0.2, 0) is 6.18 Å². The first kappa shape index (κ1) is 18.8. The van der Waals surface area contributed by atoms with Crippen LogP contribution in [0.2, 0.25) is 0 Å². The first-order valence-electron chi connectivity index (χ1n) is 7.65. The number of nitrogens with zero attached hydrogens (tertiary/aromatic N) is 4. The molecule has 0 bridgehead atoms. The third-order valence-corrected chi connectivity index (χ3v) is 3.59. The Morgan fingerprint density at radius 1 is 1.21 bits per heavy atom. The molecule has 0 saturated heterocycles. The molecule has 0 aliphatic heterocycles. The molecule has 28 heavy (non-hydrogen) atoms. The molecule has 0 atom stereocenters. The molecule has 0 saturated carbocycles. The lowest BCUT2D eigenvalue weighted by molar-refractivity contribution is -0.141. The van der Waals surface area contributed by atoms with Gasteiger partial charge in [-0.2, -0.15) is 23.1 Å². The van der Waals surface area contributed by atoms with E-state index in [9.17, 15) is 22.8 Å². The zero-order valence-electron chi connectivity index (χ0n) is 14.1. The van der Waals surface area contributed by atoms with Crippen molar-refractivity contribution in [2.24, 2.45) is 0 Å². The summed E-state index contributed by atoms with van der Waals surface area (Å²) in [4.78, 5) is 28.6. The second-order valence-electron chi connectivity index (χ2n) is 5.56. The Balaban J connectivity index is 1.91. The van der Waals surface area contributed by atoms with Crippen LogP contribution in [0.1, 0.15) is 17.0 Å². The number of aromatic nitrogens is 4. The summed E-state index contributed by atoms with van der Waals surface area (Å²) in [6, 6.07) is 7.92. The van der Waals surface area contributed by atoms with Gasteiger partial charge in [-0.05, 0) is 42.8 Å². The molecular weight excluding hydrogens is 379 g/mol. The van der Waals surface area contributed by atoms with Crippen molar-refractivity contribution in [3.05, 3.63) is 74.3 Å². The van der Waals surface area contributed by atoms with Gasteiger partial charge in [0.05, 0.1) is 11.9 Å². The lowest BCUT2D eigenvalue weighted by Crippen LogP contribution is -2.33. The van der Waals surface area contributed by atoms with Gasteiger partial charge in [0.2, 0.25) is 5.69 Å². The number of aromatic amines is 1. The standard InChI is InChI=1S/C17H10F3N5O3/c1-9-6-10(25-16(27)23-15(26)12(7-21)24-25)2-4-13(9)28-11-3-5-14(22-8-11)17(18,19)20/h2-6,8H,1H3,(H,23,26,27). The van der Waals surface area contributed by atoms with E-state index in [0.717, 1.165) is 23.0 Å². The predicted octanol–water partition coefficient (Wildman–Crippen LogP) is 2.31. The monoisotopic (exact) mass is 389 g/mol. The van der Waals surface area contributed by atoms with Gasteiger partial charge in [-0.15, -0.1) is 5.10 Å². The number of ether oxygens (including phenoxy) is 1. The highest BCUT2D eigenvalue weighted by Crippen LogP contribution is 2.30. The van der Waals surface area contributed by atoms with Crippen molar-refractivity contribution in [1.82, 2.24) is 19.7 Å². The molecule has 0 amide bonds. The number of rotatable bonds is 3. The van der Waals surface area contributed by atoms with E-state index in [1.54, 1.807) is 13.0 Å². The number of pyridine rings is 1. The molecule has 3 rings (SSSR count). The second kappa shape index (κ2) is 6.99. The van der Waals surface area contributed by atoms with Crippen molar-refractivity contribution in [3.63, 3.8) is 0 Å². The predicted molar refractivity (Wildman–Crippen MR) is 89.2 cm³/mol. The summed E-state index contributed by atoms with van der Waals surface area (Å²) in [6.45, 7) is 1.64. The van der Waals surface area contributed by atoms with Gasteiger partial charge in [0.1, 0.15) is 23.3 Å². The molecule has 0 spiro atoms. The molecule has 0 fully saturated rings. The van der Waals surface area contributed by atoms with E-state index in [0.29, 0.717) is 11.3 Å². The Bertz CT molecular complexity index is 1190. The third kappa shape index (κ3) is 3.75. The van der Waals surface area contributed by atoms with Gasteiger partial charge in [-0.1, -0.05) is 0 Å². The van der Waals surface area contributed by atoms with Crippen molar-refractivity contribution in [3.8, 4) is 23.3 Å². The Labute approximate surface area is 154 Å². The van der Waals surface area contributed by atoms with Gasteiger partial charge in [0, 0.05) is 0 Å². The van der Waals surface area contributed by atoms with Crippen LogP contribution in [0.4, 0.5) is 13.2 Å². The average molecular weight is 389 g/mol. The minimum absolute atomic E-state index is 0.0925. The first-order chi connectivity index (χ1) is 13.2. The number of alkyl halides is 3. The number of nitriles is 1. The SMILES string of the molecule is Cc1cc(-n2nc(C#N)c(=O)[nH]c2=O)ccc1Oc1ccc(C(F)(F)F)nc1. The lowest BCUT2D eigenvalue weighted by atomic mass is 10.2. The molecule has 0 unspecified atom stereocenters. The number of H-pyrrole nitrogens is 1. The maximum Gasteiger partial charge on any atom is 0.433 e. The maximum absolute atomic E-state index is 12.5. The van der Waals surface area contributed by atoms with E-state index in [1.807, 2.05) is 4.98 Å². The molecular formula is C17H10F3N5O3.